The van der Waals surface area contributed by atoms with Crippen molar-refractivity contribution in [2.24, 2.45) is 0 Å². The van der Waals surface area contributed by atoms with Crippen LogP contribution >= 0.6 is 22.9 Å². The van der Waals surface area contributed by atoms with Crippen molar-refractivity contribution >= 4 is 34.5 Å². The van der Waals surface area contributed by atoms with E-state index in [4.69, 9.17) is 11.6 Å². The molecule has 2 aromatic rings. The third-order valence-electron chi connectivity index (χ3n) is 2.63. The number of rotatable bonds is 4. The maximum absolute atomic E-state index is 12.3. The zero-order valence-corrected chi connectivity index (χ0v) is 12.0. The first-order valence-electron chi connectivity index (χ1n) is 5.56. The van der Waals surface area contributed by atoms with Crippen molar-refractivity contribution < 1.29 is 9.72 Å². The van der Waals surface area contributed by atoms with Crippen LogP contribution < -0.4 is 0 Å². The van der Waals surface area contributed by atoms with E-state index in [9.17, 15) is 14.9 Å². The van der Waals surface area contributed by atoms with Crippen molar-refractivity contribution in [1.82, 2.24) is 9.88 Å². The second kappa shape index (κ2) is 5.98. The van der Waals surface area contributed by atoms with Crippen LogP contribution in [0.3, 0.4) is 0 Å². The van der Waals surface area contributed by atoms with Gasteiger partial charge in [0.1, 0.15) is 5.02 Å². The molecule has 1 amide bonds. The Balaban J connectivity index is 2.25. The number of hydrogen-bond donors (Lipinski definition) is 0. The summed E-state index contributed by atoms with van der Waals surface area (Å²) in [5.41, 5.74) is 2.26. The zero-order chi connectivity index (χ0) is 14.7. The van der Waals surface area contributed by atoms with E-state index in [-0.39, 0.29) is 22.2 Å². The molecule has 0 atom stereocenters. The highest BCUT2D eigenvalue weighted by molar-refractivity contribution is 7.07. The molecular weight excluding hydrogens is 302 g/mol. The first-order chi connectivity index (χ1) is 9.50. The first-order valence-corrected chi connectivity index (χ1v) is 6.88. The molecule has 104 valence electrons. The Morgan fingerprint density at radius 3 is 2.90 bits per heavy atom. The SMILES string of the molecule is CN(Cc1cscn1)C(=O)c1cccc([N+](=O)[O-])c1Cl. The number of nitro groups is 1. The fourth-order valence-corrected chi connectivity index (χ4v) is 2.49. The van der Waals surface area contributed by atoms with Gasteiger partial charge in [-0.25, -0.2) is 4.98 Å². The largest absolute Gasteiger partial charge is 0.336 e. The summed E-state index contributed by atoms with van der Waals surface area (Å²) < 4.78 is 0. The van der Waals surface area contributed by atoms with Gasteiger partial charge in [-0.05, 0) is 6.07 Å². The Morgan fingerprint density at radius 1 is 1.55 bits per heavy atom. The summed E-state index contributed by atoms with van der Waals surface area (Å²) in [5, 5.41) is 12.5. The van der Waals surface area contributed by atoms with Crippen LogP contribution in [0.1, 0.15) is 16.1 Å². The van der Waals surface area contributed by atoms with Gasteiger partial charge in [0.2, 0.25) is 0 Å². The number of aromatic nitrogens is 1. The van der Waals surface area contributed by atoms with E-state index in [0.29, 0.717) is 6.54 Å². The maximum Gasteiger partial charge on any atom is 0.288 e. The molecule has 0 fully saturated rings. The molecule has 0 radical (unpaired) electrons. The predicted molar refractivity (Wildman–Crippen MR) is 76.0 cm³/mol. The van der Waals surface area contributed by atoms with Gasteiger partial charge in [-0.2, -0.15) is 0 Å². The van der Waals surface area contributed by atoms with Crippen LogP contribution in [0.25, 0.3) is 0 Å². The summed E-state index contributed by atoms with van der Waals surface area (Å²) in [4.78, 5) is 28.0. The van der Waals surface area contributed by atoms with Crippen LogP contribution in [0.2, 0.25) is 5.02 Å². The number of hydrogen-bond acceptors (Lipinski definition) is 5. The third-order valence-corrected chi connectivity index (χ3v) is 3.67. The molecule has 2 rings (SSSR count). The van der Waals surface area contributed by atoms with Crippen molar-refractivity contribution in [1.29, 1.82) is 0 Å². The zero-order valence-electron chi connectivity index (χ0n) is 10.4. The molecule has 0 spiro atoms. The van der Waals surface area contributed by atoms with E-state index >= 15 is 0 Å². The fraction of sp³-hybridized carbons (Fsp3) is 0.167. The van der Waals surface area contributed by atoms with Gasteiger partial charge < -0.3 is 4.90 Å². The standard InChI is InChI=1S/C12H10ClN3O3S/c1-15(5-8-6-20-7-14-8)12(17)9-3-2-4-10(11(9)13)16(18)19/h2-4,6-7H,5H2,1H3. The number of nitro benzene ring substituents is 1. The number of halogens is 1. The molecule has 1 aromatic heterocycles. The van der Waals surface area contributed by atoms with Gasteiger partial charge in [-0.15, -0.1) is 11.3 Å². The van der Waals surface area contributed by atoms with E-state index in [1.165, 1.54) is 34.4 Å². The van der Waals surface area contributed by atoms with Crippen molar-refractivity contribution in [2.45, 2.75) is 6.54 Å². The number of carbonyl (C=O) groups is 1. The van der Waals surface area contributed by atoms with E-state index in [1.54, 1.807) is 12.6 Å². The number of benzene rings is 1. The topological polar surface area (TPSA) is 76.3 Å². The van der Waals surface area contributed by atoms with Crippen LogP contribution in [-0.4, -0.2) is 27.8 Å². The van der Waals surface area contributed by atoms with Gasteiger partial charge in [-0.1, -0.05) is 17.7 Å². The summed E-state index contributed by atoms with van der Waals surface area (Å²) in [5.74, 6) is -0.383. The van der Waals surface area contributed by atoms with Crippen LogP contribution in [0.15, 0.2) is 29.1 Å². The van der Waals surface area contributed by atoms with Crippen LogP contribution in [0, 0.1) is 10.1 Å². The van der Waals surface area contributed by atoms with Crippen LogP contribution in [0.5, 0.6) is 0 Å². The minimum absolute atomic E-state index is 0.110. The number of carbonyl (C=O) groups excluding carboxylic acids is 1. The molecule has 6 nitrogen and oxygen atoms in total. The normalized spacial score (nSPS) is 10.3. The molecule has 20 heavy (non-hydrogen) atoms. The summed E-state index contributed by atoms with van der Waals surface area (Å²) in [6.07, 6.45) is 0. The highest BCUT2D eigenvalue weighted by Crippen LogP contribution is 2.28. The van der Waals surface area contributed by atoms with Gasteiger partial charge in [0, 0.05) is 18.5 Å². The average molecular weight is 312 g/mol. The van der Waals surface area contributed by atoms with Gasteiger partial charge in [0.15, 0.2) is 0 Å². The highest BCUT2D eigenvalue weighted by atomic mass is 35.5. The minimum Gasteiger partial charge on any atom is -0.336 e. The Hall–Kier alpha value is -1.99. The van der Waals surface area contributed by atoms with Crippen molar-refractivity contribution in [3.63, 3.8) is 0 Å². The second-order valence-corrected chi connectivity index (χ2v) is 5.13. The second-order valence-electron chi connectivity index (χ2n) is 4.04. The quantitative estimate of drug-likeness (QED) is 0.642. The summed E-state index contributed by atoms with van der Waals surface area (Å²) in [6.45, 7) is 0.321. The molecule has 1 heterocycles. The summed E-state index contributed by atoms with van der Waals surface area (Å²) >= 11 is 7.36. The van der Waals surface area contributed by atoms with Crippen molar-refractivity contribution in [3.8, 4) is 0 Å². The van der Waals surface area contributed by atoms with Gasteiger partial charge >= 0.3 is 0 Å². The predicted octanol–water partition coefficient (Wildman–Crippen LogP) is 2.98. The Labute approximate surface area is 123 Å². The molecule has 0 unspecified atom stereocenters. The van der Waals surface area contributed by atoms with E-state index in [1.807, 2.05) is 5.38 Å². The first kappa shape index (κ1) is 14.4. The van der Waals surface area contributed by atoms with E-state index < -0.39 is 4.92 Å². The molecule has 0 N–H and O–H groups in total. The molecule has 0 saturated heterocycles. The average Bonchev–Trinajstić information content (AvgIpc) is 2.90. The maximum atomic E-state index is 12.3. The molecule has 1 aromatic carbocycles. The third kappa shape index (κ3) is 2.94. The minimum atomic E-state index is -0.612. The number of thiazole rings is 1. The summed E-state index contributed by atoms with van der Waals surface area (Å²) in [7, 11) is 1.59. The molecule has 0 aliphatic carbocycles. The Bertz CT molecular complexity index is 645. The molecule has 8 heteroatoms. The molecular formula is C12H10ClN3O3S. The van der Waals surface area contributed by atoms with Gasteiger partial charge in [0.25, 0.3) is 11.6 Å². The Morgan fingerprint density at radius 2 is 2.30 bits per heavy atom. The van der Waals surface area contributed by atoms with Crippen LogP contribution in [0.4, 0.5) is 5.69 Å². The Kier molecular flexibility index (Phi) is 4.31. The lowest BCUT2D eigenvalue weighted by Gasteiger charge is -2.16. The van der Waals surface area contributed by atoms with Gasteiger partial charge in [-0.3, -0.25) is 14.9 Å². The fourth-order valence-electron chi connectivity index (χ4n) is 1.66. The lowest BCUT2D eigenvalue weighted by atomic mass is 10.1. The lowest BCUT2D eigenvalue weighted by molar-refractivity contribution is -0.384. The number of amides is 1. The number of nitrogens with zero attached hydrogens (tertiary/aromatic N) is 3. The van der Waals surface area contributed by atoms with E-state index in [2.05, 4.69) is 4.98 Å². The van der Waals surface area contributed by atoms with Crippen molar-refractivity contribution in [3.05, 3.63) is 55.5 Å². The molecule has 0 aliphatic rings. The monoisotopic (exact) mass is 311 g/mol. The molecule has 0 bridgehead atoms. The smallest absolute Gasteiger partial charge is 0.288 e. The summed E-state index contributed by atoms with van der Waals surface area (Å²) in [6, 6.07) is 4.17. The lowest BCUT2D eigenvalue weighted by Crippen LogP contribution is -2.26. The molecule has 0 aliphatic heterocycles. The van der Waals surface area contributed by atoms with Crippen LogP contribution in [-0.2, 0) is 6.54 Å². The highest BCUT2D eigenvalue weighted by Gasteiger charge is 2.22. The molecule has 0 saturated carbocycles. The van der Waals surface area contributed by atoms with Crippen molar-refractivity contribution in [2.75, 3.05) is 7.05 Å². The van der Waals surface area contributed by atoms with Gasteiger partial charge in [0.05, 0.1) is 28.2 Å². The van der Waals surface area contributed by atoms with E-state index in [0.717, 1.165) is 5.69 Å².